The van der Waals surface area contributed by atoms with Gasteiger partial charge in [0.25, 0.3) is 0 Å². The number of aliphatic hydroxyl groups excluding tert-OH is 1. The topological polar surface area (TPSA) is 51.6 Å². The number of aliphatic hydroxyl groups is 1. The normalized spacial score (nSPS) is 12.0. The molecule has 0 bridgehead atoms. The summed E-state index contributed by atoms with van der Waals surface area (Å²) in [6.45, 7) is 4.70. The van der Waals surface area contributed by atoms with Gasteiger partial charge in [-0.25, -0.2) is 0 Å². The summed E-state index contributed by atoms with van der Waals surface area (Å²) < 4.78 is 11.2. The second-order valence-corrected chi connectivity index (χ2v) is 4.76. The molecule has 0 aliphatic carbocycles. The van der Waals surface area contributed by atoms with E-state index in [0.717, 1.165) is 17.9 Å². The third kappa shape index (κ3) is 4.46. The minimum Gasteiger partial charge on any atom is -0.494 e. The highest BCUT2D eigenvalue weighted by Gasteiger charge is 2.06. The van der Waals surface area contributed by atoms with Crippen LogP contribution in [-0.2, 0) is 0 Å². The Kier molecular flexibility index (Phi) is 5.58. The summed E-state index contributed by atoms with van der Waals surface area (Å²) in [5.74, 6) is 2.21. The highest BCUT2D eigenvalue weighted by atomic mass is 16.5. The molecule has 0 aliphatic heterocycles. The first-order valence-corrected chi connectivity index (χ1v) is 7.27. The molecule has 0 saturated heterocycles. The maximum atomic E-state index is 9.69. The summed E-state index contributed by atoms with van der Waals surface area (Å²) in [7, 11) is 0. The predicted octanol–water partition coefficient (Wildman–Crippen LogP) is 4.11. The molecule has 4 heteroatoms. The van der Waals surface area contributed by atoms with Gasteiger partial charge in [-0.2, -0.15) is 0 Å². The van der Waals surface area contributed by atoms with Gasteiger partial charge >= 0.3 is 0 Å². The average Bonchev–Trinajstić information content (AvgIpc) is 2.54. The summed E-state index contributed by atoms with van der Waals surface area (Å²) >= 11 is 0. The monoisotopic (exact) mass is 287 g/mol. The number of hydrogen-bond donors (Lipinski definition) is 1. The minimum absolute atomic E-state index is 0.519. The van der Waals surface area contributed by atoms with E-state index in [1.54, 1.807) is 12.3 Å². The van der Waals surface area contributed by atoms with Crippen molar-refractivity contribution < 1.29 is 14.6 Å². The fourth-order valence-electron chi connectivity index (χ4n) is 1.82. The molecule has 21 heavy (non-hydrogen) atoms. The summed E-state index contributed by atoms with van der Waals surface area (Å²) in [6.07, 6.45) is 2.73. The number of benzene rings is 1. The molecule has 1 heterocycles. The average molecular weight is 287 g/mol. The molecule has 0 spiro atoms. The number of rotatable bonds is 7. The van der Waals surface area contributed by atoms with Gasteiger partial charge < -0.3 is 14.6 Å². The van der Waals surface area contributed by atoms with E-state index in [1.165, 1.54) is 0 Å². The van der Waals surface area contributed by atoms with Gasteiger partial charge in [-0.05, 0) is 49.2 Å². The van der Waals surface area contributed by atoms with Crippen molar-refractivity contribution in [3.05, 3.63) is 48.3 Å². The van der Waals surface area contributed by atoms with Crippen LogP contribution >= 0.6 is 0 Å². The van der Waals surface area contributed by atoms with Crippen molar-refractivity contribution in [2.75, 3.05) is 6.61 Å². The second-order valence-electron chi connectivity index (χ2n) is 4.76. The lowest BCUT2D eigenvalue weighted by atomic mass is 10.2. The first-order chi connectivity index (χ1) is 10.2. The fourth-order valence-corrected chi connectivity index (χ4v) is 1.82. The molecule has 4 nitrogen and oxygen atoms in total. The summed E-state index contributed by atoms with van der Waals surface area (Å²) in [5, 5.41) is 9.69. The molecule has 0 unspecified atom stereocenters. The molecule has 2 aromatic rings. The van der Waals surface area contributed by atoms with Gasteiger partial charge in [0, 0.05) is 0 Å². The Morgan fingerprint density at radius 2 is 1.67 bits per heavy atom. The molecular formula is C17H21NO3. The maximum absolute atomic E-state index is 9.69. The van der Waals surface area contributed by atoms with Crippen LogP contribution in [0.3, 0.4) is 0 Å². The van der Waals surface area contributed by atoms with E-state index >= 15 is 0 Å². The Labute approximate surface area is 125 Å². The van der Waals surface area contributed by atoms with E-state index in [2.05, 4.69) is 11.9 Å². The fraction of sp³-hybridized carbons (Fsp3) is 0.353. The Morgan fingerprint density at radius 3 is 2.24 bits per heavy atom. The number of aromatic nitrogens is 1. The van der Waals surface area contributed by atoms with Crippen molar-refractivity contribution in [1.82, 2.24) is 4.98 Å². The lowest BCUT2D eigenvalue weighted by Gasteiger charge is -2.10. The highest BCUT2D eigenvalue weighted by Crippen LogP contribution is 2.24. The van der Waals surface area contributed by atoms with Gasteiger partial charge in [-0.1, -0.05) is 13.8 Å². The number of pyridine rings is 1. The highest BCUT2D eigenvalue weighted by molar-refractivity contribution is 5.34. The molecule has 2 rings (SSSR count). The predicted molar refractivity (Wildman–Crippen MR) is 81.8 cm³/mol. The maximum Gasteiger partial charge on any atom is 0.145 e. The summed E-state index contributed by atoms with van der Waals surface area (Å²) in [6, 6.07) is 11.1. The quantitative estimate of drug-likeness (QED) is 0.832. The van der Waals surface area contributed by atoms with E-state index in [0.29, 0.717) is 24.5 Å². The molecule has 1 aromatic heterocycles. The third-order valence-electron chi connectivity index (χ3n) is 3.02. The van der Waals surface area contributed by atoms with Crippen LogP contribution in [0.2, 0.25) is 0 Å². The molecular weight excluding hydrogens is 266 g/mol. The van der Waals surface area contributed by atoms with Crippen molar-refractivity contribution in [1.29, 1.82) is 0 Å². The van der Waals surface area contributed by atoms with Crippen LogP contribution < -0.4 is 9.47 Å². The van der Waals surface area contributed by atoms with E-state index in [4.69, 9.17) is 9.47 Å². The van der Waals surface area contributed by atoms with Crippen molar-refractivity contribution in [3.63, 3.8) is 0 Å². The summed E-state index contributed by atoms with van der Waals surface area (Å²) in [5.41, 5.74) is 0.660. The molecule has 1 atom stereocenters. The van der Waals surface area contributed by atoms with Crippen LogP contribution in [0.15, 0.2) is 42.6 Å². The minimum atomic E-state index is -0.519. The first-order valence-electron chi connectivity index (χ1n) is 7.27. The smallest absolute Gasteiger partial charge is 0.145 e. The lowest BCUT2D eigenvalue weighted by molar-refractivity contribution is 0.169. The van der Waals surface area contributed by atoms with Crippen LogP contribution in [0.1, 0.15) is 38.5 Å². The molecule has 1 N–H and O–H groups in total. The van der Waals surface area contributed by atoms with Gasteiger partial charge in [-0.15, -0.1) is 0 Å². The van der Waals surface area contributed by atoms with E-state index < -0.39 is 6.10 Å². The van der Waals surface area contributed by atoms with Gasteiger partial charge in [0.1, 0.15) is 17.2 Å². The van der Waals surface area contributed by atoms with Gasteiger partial charge in [0.2, 0.25) is 0 Å². The van der Waals surface area contributed by atoms with Gasteiger partial charge in [-0.3, -0.25) is 4.98 Å². The zero-order valence-electron chi connectivity index (χ0n) is 12.5. The number of nitrogens with zero attached hydrogens (tertiary/aromatic N) is 1. The van der Waals surface area contributed by atoms with Crippen molar-refractivity contribution in [3.8, 4) is 17.2 Å². The van der Waals surface area contributed by atoms with E-state index in [9.17, 15) is 5.11 Å². The van der Waals surface area contributed by atoms with Gasteiger partial charge in [0.05, 0.1) is 24.6 Å². The molecule has 0 amide bonds. The second kappa shape index (κ2) is 7.64. The lowest BCUT2D eigenvalue weighted by Crippen LogP contribution is -1.98. The Hall–Kier alpha value is -2.07. The zero-order chi connectivity index (χ0) is 15.1. The molecule has 0 saturated carbocycles. The van der Waals surface area contributed by atoms with Gasteiger partial charge in [0.15, 0.2) is 0 Å². The Morgan fingerprint density at radius 1 is 1.00 bits per heavy atom. The molecule has 112 valence electrons. The molecule has 1 aromatic carbocycles. The standard InChI is InChI=1S/C17H21NO3/c1-3-11-20-13-5-7-14(8-6-13)21-15-9-10-16(18-12-15)17(19)4-2/h5-10,12,17,19H,3-4,11H2,1-2H3/t17-/m0/s1. The molecule has 0 radical (unpaired) electrons. The zero-order valence-corrected chi connectivity index (χ0v) is 12.5. The number of hydrogen-bond acceptors (Lipinski definition) is 4. The van der Waals surface area contributed by atoms with Crippen molar-refractivity contribution in [2.24, 2.45) is 0 Å². The van der Waals surface area contributed by atoms with E-state index in [-0.39, 0.29) is 0 Å². The van der Waals surface area contributed by atoms with Crippen LogP contribution in [0, 0.1) is 0 Å². The SMILES string of the molecule is CCCOc1ccc(Oc2ccc([C@@H](O)CC)nc2)cc1. The van der Waals surface area contributed by atoms with E-state index in [1.807, 2.05) is 37.3 Å². The van der Waals surface area contributed by atoms with Crippen LogP contribution in [0.25, 0.3) is 0 Å². The third-order valence-corrected chi connectivity index (χ3v) is 3.02. The Bertz CT molecular complexity index is 537. The first kappa shape index (κ1) is 15.3. The molecule has 0 fully saturated rings. The Balaban J connectivity index is 1.97. The summed E-state index contributed by atoms with van der Waals surface area (Å²) in [4.78, 5) is 4.20. The van der Waals surface area contributed by atoms with Crippen molar-refractivity contribution >= 4 is 0 Å². The van der Waals surface area contributed by atoms with Crippen molar-refractivity contribution in [2.45, 2.75) is 32.8 Å². The van der Waals surface area contributed by atoms with Crippen LogP contribution in [0.5, 0.6) is 17.2 Å². The number of ether oxygens (including phenoxy) is 2. The molecule has 0 aliphatic rings. The van der Waals surface area contributed by atoms with Crippen LogP contribution in [0.4, 0.5) is 0 Å². The van der Waals surface area contributed by atoms with Crippen LogP contribution in [-0.4, -0.2) is 16.7 Å². The largest absolute Gasteiger partial charge is 0.494 e.